The van der Waals surface area contributed by atoms with Gasteiger partial charge in [-0.2, -0.15) is 18.3 Å². The van der Waals surface area contributed by atoms with Gasteiger partial charge in [0.25, 0.3) is 0 Å². The SMILES string of the molecule is FC(F)(F)c1ccc2c(c1)N=CC1=NNCN12. The molecule has 1 aromatic carbocycles. The summed E-state index contributed by atoms with van der Waals surface area (Å²) in [6.45, 7) is 0.444. The predicted octanol–water partition coefficient (Wildman–Crippen LogP) is 2.10. The molecule has 0 aliphatic carbocycles. The van der Waals surface area contributed by atoms with Gasteiger partial charge >= 0.3 is 6.18 Å². The van der Waals surface area contributed by atoms with Gasteiger partial charge in [-0.05, 0) is 18.2 Å². The lowest BCUT2D eigenvalue weighted by Crippen LogP contribution is -2.31. The Morgan fingerprint density at radius 2 is 2.12 bits per heavy atom. The number of rotatable bonds is 0. The van der Waals surface area contributed by atoms with Crippen LogP contribution in [-0.2, 0) is 6.18 Å². The van der Waals surface area contributed by atoms with Gasteiger partial charge in [-0.25, -0.2) is 0 Å². The zero-order chi connectivity index (χ0) is 12.0. The van der Waals surface area contributed by atoms with E-state index in [9.17, 15) is 13.2 Å². The second kappa shape index (κ2) is 3.22. The number of hydrogen-bond donors (Lipinski definition) is 1. The van der Waals surface area contributed by atoms with Crippen LogP contribution in [0.2, 0.25) is 0 Å². The summed E-state index contributed by atoms with van der Waals surface area (Å²) < 4.78 is 37.6. The van der Waals surface area contributed by atoms with E-state index in [4.69, 9.17) is 0 Å². The molecule has 0 spiro atoms. The zero-order valence-electron chi connectivity index (χ0n) is 8.49. The first-order chi connectivity index (χ1) is 8.05. The smallest absolute Gasteiger partial charge is 0.302 e. The third-order valence-corrected chi connectivity index (χ3v) is 2.61. The summed E-state index contributed by atoms with van der Waals surface area (Å²) in [5.74, 6) is 0.609. The van der Waals surface area contributed by atoms with Crippen molar-refractivity contribution in [2.24, 2.45) is 10.1 Å². The molecule has 88 valence electrons. The van der Waals surface area contributed by atoms with Crippen molar-refractivity contribution in [1.29, 1.82) is 0 Å². The van der Waals surface area contributed by atoms with E-state index in [2.05, 4.69) is 15.5 Å². The molecule has 0 amide bonds. The average molecular weight is 240 g/mol. The summed E-state index contributed by atoms with van der Waals surface area (Å²) in [7, 11) is 0. The number of benzene rings is 1. The lowest BCUT2D eigenvalue weighted by Gasteiger charge is -2.23. The van der Waals surface area contributed by atoms with Crippen molar-refractivity contribution in [2.75, 3.05) is 11.6 Å². The summed E-state index contributed by atoms with van der Waals surface area (Å²) in [6.07, 6.45) is -2.90. The van der Waals surface area contributed by atoms with Crippen molar-refractivity contribution in [3.63, 3.8) is 0 Å². The summed E-state index contributed by atoms with van der Waals surface area (Å²) in [4.78, 5) is 5.74. The van der Waals surface area contributed by atoms with Gasteiger partial charge in [0, 0.05) is 0 Å². The number of hydrogen-bond acceptors (Lipinski definition) is 4. The molecule has 3 rings (SSSR count). The molecule has 0 unspecified atom stereocenters. The average Bonchev–Trinajstić information content (AvgIpc) is 2.75. The maximum atomic E-state index is 12.5. The molecule has 2 aliphatic heterocycles. The van der Waals surface area contributed by atoms with Crippen LogP contribution in [0.4, 0.5) is 24.5 Å². The van der Waals surface area contributed by atoms with E-state index in [1.54, 1.807) is 4.90 Å². The second-order valence-electron chi connectivity index (χ2n) is 3.67. The van der Waals surface area contributed by atoms with Crippen LogP contribution in [0.5, 0.6) is 0 Å². The number of amidine groups is 1. The van der Waals surface area contributed by atoms with Gasteiger partial charge in [-0.3, -0.25) is 10.4 Å². The lowest BCUT2D eigenvalue weighted by atomic mass is 10.1. The van der Waals surface area contributed by atoms with Gasteiger partial charge in [-0.1, -0.05) is 0 Å². The number of anilines is 1. The Hall–Kier alpha value is -2.05. The van der Waals surface area contributed by atoms with E-state index in [1.165, 1.54) is 12.3 Å². The minimum Gasteiger partial charge on any atom is -0.302 e. The Labute approximate surface area is 94.4 Å². The molecule has 4 nitrogen and oxygen atoms in total. The number of aliphatic imine (C=N–C) groups is 1. The van der Waals surface area contributed by atoms with E-state index in [0.717, 1.165) is 12.1 Å². The highest BCUT2D eigenvalue weighted by molar-refractivity contribution is 6.38. The molecular formula is C10H7F3N4. The van der Waals surface area contributed by atoms with E-state index < -0.39 is 11.7 Å². The molecule has 2 aliphatic rings. The molecule has 0 aromatic heterocycles. The molecule has 0 saturated carbocycles. The first-order valence-corrected chi connectivity index (χ1v) is 4.89. The van der Waals surface area contributed by atoms with Crippen LogP contribution < -0.4 is 10.3 Å². The minimum atomic E-state index is -4.35. The molecule has 0 atom stereocenters. The molecule has 0 fully saturated rings. The van der Waals surface area contributed by atoms with Crippen molar-refractivity contribution >= 4 is 23.4 Å². The normalized spacial score (nSPS) is 17.4. The lowest BCUT2D eigenvalue weighted by molar-refractivity contribution is -0.137. The van der Waals surface area contributed by atoms with Gasteiger partial charge in [0.2, 0.25) is 0 Å². The van der Waals surface area contributed by atoms with Crippen LogP contribution in [-0.4, -0.2) is 18.7 Å². The van der Waals surface area contributed by atoms with E-state index >= 15 is 0 Å². The van der Waals surface area contributed by atoms with Gasteiger partial charge < -0.3 is 4.90 Å². The van der Waals surface area contributed by atoms with Crippen LogP contribution in [0.15, 0.2) is 28.3 Å². The summed E-state index contributed by atoms with van der Waals surface area (Å²) in [5.41, 5.74) is 2.99. The third-order valence-electron chi connectivity index (χ3n) is 2.61. The van der Waals surface area contributed by atoms with Crippen molar-refractivity contribution in [3.8, 4) is 0 Å². The van der Waals surface area contributed by atoms with Gasteiger partial charge in [-0.15, -0.1) is 0 Å². The fraction of sp³-hybridized carbons (Fsp3) is 0.200. The molecule has 0 saturated heterocycles. The number of hydrazone groups is 1. The number of nitrogens with one attached hydrogen (secondary N) is 1. The molecular weight excluding hydrogens is 233 g/mol. The highest BCUT2D eigenvalue weighted by Crippen LogP contribution is 2.38. The molecule has 2 heterocycles. The van der Waals surface area contributed by atoms with E-state index in [1.807, 2.05) is 0 Å². The maximum absolute atomic E-state index is 12.5. The standard InChI is InChI=1S/C10H7F3N4/c11-10(12,13)6-1-2-8-7(3-6)14-4-9-16-15-5-17(8)9/h1-4,15H,5H2. The molecule has 0 radical (unpaired) electrons. The van der Waals surface area contributed by atoms with Crippen molar-refractivity contribution in [1.82, 2.24) is 5.43 Å². The largest absolute Gasteiger partial charge is 0.416 e. The van der Waals surface area contributed by atoms with Crippen molar-refractivity contribution in [3.05, 3.63) is 23.8 Å². The zero-order valence-corrected chi connectivity index (χ0v) is 8.49. The van der Waals surface area contributed by atoms with Crippen LogP contribution in [0.3, 0.4) is 0 Å². The molecule has 1 aromatic rings. The predicted molar refractivity (Wildman–Crippen MR) is 57.5 cm³/mol. The quantitative estimate of drug-likeness (QED) is 0.754. The molecule has 7 heteroatoms. The topological polar surface area (TPSA) is 40.0 Å². The second-order valence-corrected chi connectivity index (χ2v) is 3.67. The highest BCUT2D eigenvalue weighted by atomic mass is 19.4. The first kappa shape index (κ1) is 10.1. The summed E-state index contributed by atoms with van der Waals surface area (Å²) >= 11 is 0. The van der Waals surface area contributed by atoms with Crippen LogP contribution in [0, 0.1) is 0 Å². The Morgan fingerprint density at radius 3 is 2.88 bits per heavy atom. The van der Waals surface area contributed by atoms with Crippen LogP contribution in [0.1, 0.15) is 5.56 Å². The number of alkyl halides is 3. The summed E-state index contributed by atoms with van der Waals surface area (Å²) in [6, 6.07) is 3.51. The van der Waals surface area contributed by atoms with Crippen LogP contribution in [0.25, 0.3) is 0 Å². The molecule has 1 N–H and O–H groups in total. The van der Waals surface area contributed by atoms with Crippen LogP contribution >= 0.6 is 0 Å². The summed E-state index contributed by atoms with van der Waals surface area (Å²) in [5, 5.41) is 3.95. The molecule has 17 heavy (non-hydrogen) atoms. The third kappa shape index (κ3) is 1.54. The van der Waals surface area contributed by atoms with Gasteiger partial charge in [0.15, 0.2) is 5.84 Å². The Kier molecular flexibility index (Phi) is 1.92. The molecule has 0 bridgehead atoms. The van der Waals surface area contributed by atoms with E-state index in [-0.39, 0.29) is 0 Å². The van der Waals surface area contributed by atoms with Crippen molar-refractivity contribution < 1.29 is 13.2 Å². The number of fused-ring (bicyclic) bond motifs is 3. The number of halogens is 3. The minimum absolute atomic E-state index is 0.308. The highest BCUT2D eigenvalue weighted by Gasteiger charge is 2.32. The van der Waals surface area contributed by atoms with Gasteiger partial charge in [0.05, 0.1) is 23.2 Å². The monoisotopic (exact) mass is 240 g/mol. The Bertz CT molecular complexity index is 533. The number of nitrogens with zero attached hydrogens (tertiary/aromatic N) is 3. The Morgan fingerprint density at radius 1 is 1.29 bits per heavy atom. The first-order valence-electron chi connectivity index (χ1n) is 4.89. The maximum Gasteiger partial charge on any atom is 0.416 e. The van der Waals surface area contributed by atoms with Gasteiger partial charge in [0.1, 0.15) is 6.67 Å². The fourth-order valence-electron chi connectivity index (χ4n) is 1.79. The Balaban J connectivity index is 2.08. The van der Waals surface area contributed by atoms with Crippen molar-refractivity contribution in [2.45, 2.75) is 6.18 Å². The fourth-order valence-corrected chi connectivity index (χ4v) is 1.79. The van der Waals surface area contributed by atoms with E-state index in [0.29, 0.717) is 23.9 Å².